The van der Waals surface area contributed by atoms with Crippen LogP contribution < -0.4 is 4.90 Å². The fourth-order valence-corrected chi connectivity index (χ4v) is 2.94. The molecule has 2 unspecified atom stereocenters. The number of imide groups is 1. The van der Waals surface area contributed by atoms with E-state index >= 15 is 0 Å². The number of carbonyl (C=O) groups excluding carboxylic acids is 2. The van der Waals surface area contributed by atoms with Crippen molar-refractivity contribution in [2.24, 2.45) is 5.92 Å². The second kappa shape index (κ2) is 5.19. The van der Waals surface area contributed by atoms with Crippen LogP contribution in [0.15, 0.2) is 24.3 Å². The standard InChI is InChI=1S/C15H15N3O3/c1-2-17-13-9-21-8-12(13)14(19)18(15(17)20)11-5-3-4-10(6-11)7-16/h3-6,12-13H,2,8-9H2,1H3. The van der Waals surface area contributed by atoms with Crippen LogP contribution in [-0.4, -0.2) is 42.6 Å². The number of nitrogens with zero attached hydrogens (tertiary/aromatic N) is 3. The molecule has 1 aromatic carbocycles. The van der Waals surface area contributed by atoms with Gasteiger partial charge in [0.05, 0.1) is 42.5 Å². The van der Waals surface area contributed by atoms with Gasteiger partial charge in [-0.25, -0.2) is 9.69 Å². The van der Waals surface area contributed by atoms with Crippen molar-refractivity contribution < 1.29 is 14.3 Å². The van der Waals surface area contributed by atoms with Gasteiger partial charge in [-0.1, -0.05) is 6.07 Å². The van der Waals surface area contributed by atoms with Crippen LogP contribution in [0.2, 0.25) is 0 Å². The quantitative estimate of drug-likeness (QED) is 0.822. The maximum Gasteiger partial charge on any atom is 0.331 e. The van der Waals surface area contributed by atoms with Crippen LogP contribution in [0.3, 0.4) is 0 Å². The van der Waals surface area contributed by atoms with Crippen molar-refractivity contribution in [1.29, 1.82) is 5.26 Å². The number of amides is 3. The van der Waals surface area contributed by atoms with Crippen LogP contribution >= 0.6 is 0 Å². The molecule has 2 aliphatic rings. The van der Waals surface area contributed by atoms with E-state index in [1.165, 1.54) is 4.90 Å². The summed E-state index contributed by atoms with van der Waals surface area (Å²) in [6.45, 7) is 3.14. The maximum absolute atomic E-state index is 12.6. The highest BCUT2D eigenvalue weighted by atomic mass is 16.5. The minimum atomic E-state index is -0.343. The minimum absolute atomic E-state index is 0.176. The molecule has 2 fully saturated rings. The lowest BCUT2D eigenvalue weighted by atomic mass is 9.97. The Morgan fingerprint density at radius 2 is 2.19 bits per heavy atom. The van der Waals surface area contributed by atoms with Gasteiger partial charge in [0.15, 0.2) is 0 Å². The van der Waals surface area contributed by atoms with E-state index in [9.17, 15) is 9.59 Å². The highest BCUT2D eigenvalue weighted by Crippen LogP contribution is 2.31. The summed E-state index contributed by atoms with van der Waals surface area (Å²) in [6.07, 6.45) is 0. The first-order valence-corrected chi connectivity index (χ1v) is 6.90. The SMILES string of the molecule is CCN1C(=O)N(c2cccc(C#N)c2)C(=O)C2COCC21. The van der Waals surface area contributed by atoms with Gasteiger partial charge in [-0.05, 0) is 25.1 Å². The number of fused-ring (bicyclic) bond motifs is 1. The van der Waals surface area contributed by atoms with Crippen LogP contribution in [0.1, 0.15) is 12.5 Å². The molecule has 0 aliphatic carbocycles. The average molecular weight is 285 g/mol. The van der Waals surface area contributed by atoms with E-state index in [1.54, 1.807) is 29.2 Å². The number of benzene rings is 1. The first kappa shape index (κ1) is 13.6. The lowest BCUT2D eigenvalue weighted by Crippen LogP contribution is -2.61. The Morgan fingerprint density at radius 3 is 2.90 bits per heavy atom. The minimum Gasteiger partial charge on any atom is -0.378 e. The topological polar surface area (TPSA) is 73.6 Å². The fraction of sp³-hybridized carbons (Fsp3) is 0.400. The van der Waals surface area contributed by atoms with Gasteiger partial charge < -0.3 is 9.64 Å². The van der Waals surface area contributed by atoms with Crippen LogP contribution in [-0.2, 0) is 9.53 Å². The molecular formula is C15H15N3O3. The fourth-order valence-electron chi connectivity index (χ4n) is 2.94. The lowest BCUT2D eigenvalue weighted by molar-refractivity contribution is -0.124. The molecule has 0 spiro atoms. The van der Waals surface area contributed by atoms with Gasteiger partial charge in [-0.3, -0.25) is 4.79 Å². The van der Waals surface area contributed by atoms with E-state index in [-0.39, 0.29) is 23.9 Å². The predicted octanol–water partition coefficient (Wildman–Crippen LogP) is 1.36. The summed E-state index contributed by atoms with van der Waals surface area (Å²) in [5.41, 5.74) is 0.855. The van der Waals surface area contributed by atoms with Crippen molar-refractivity contribution in [2.75, 3.05) is 24.7 Å². The molecule has 6 nitrogen and oxygen atoms in total. The monoisotopic (exact) mass is 285 g/mol. The molecule has 3 rings (SSSR count). The number of urea groups is 1. The van der Waals surface area contributed by atoms with Gasteiger partial charge in [0.2, 0.25) is 5.91 Å². The van der Waals surface area contributed by atoms with E-state index in [2.05, 4.69) is 0 Å². The van der Waals surface area contributed by atoms with Crippen LogP contribution in [0.4, 0.5) is 10.5 Å². The highest BCUT2D eigenvalue weighted by Gasteiger charge is 2.49. The van der Waals surface area contributed by atoms with Crippen molar-refractivity contribution in [3.05, 3.63) is 29.8 Å². The molecule has 2 atom stereocenters. The number of hydrogen-bond donors (Lipinski definition) is 0. The summed E-state index contributed by atoms with van der Waals surface area (Å²) in [7, 11) is 0. The van der Waals surface area contributed by atoms with Crippen molar-refractivity contribution >= 4 is 17.6 Å². The second-order valence-electron chi connectivity index (χ2n) is 5.12. The van der Waals surface area contributed by atoms with Gasteiger partial charge in [0.25, 0.3) is 0 Å². The van der Waals surface area contributed by atoms with Crippen molar-refractivity contribution in [2.45, 2.75) is 13.0 Å². The largest absolute Gasteiger partial charge is 0.378 e. The Hall–Kier alpha value is -2.39. The third kappa shape index (κ3) is 2.06. The van der Waals surface area contributed by atoms with E-state index in [1.807, 2.05) is 13.0 Å². The Bertz CT molecular complexity index is 637. The van der Waals surface area contributed by atoms with Gasteiger partial charge in [0.1, 0.15) is 0 Å². The molecule has 21 heavy (non-hydrogen) atoms. The Labute approximate surface area is 122 Å². The van der Waals surface area contributed by atoms with Crippen molar-refractivity contribution in [3.8, 4) is 6.07 Å². The van der Waals surface area contributed by atoms with Crippen LogP contribution in [0.25, 0.3) is 0 Å². The third-order valence-corrected chi connectivity index (χ3v) is 4.00. The van der Waals surface area contributed by atoms with Crippen molar-refractivity contribution in [1.82, 2.24) is 4.90 Å². The molecule has 2 saturated heterocycles. The number of hydrogen-bond acceptors (Lipinski definition) is 4. The highest BCUT2D eigenvalue weighted by molar-refractivity contribution is 6.17. The molecule has 0 N–H and O–H groups in total. The first-order valence-electron chi connectivity index (χ1n) is 6.90. The molecule has 0 saturated carbocycles. The first-order chi connectivity index (χ1) is 10.2. The van der Waals surface area contributed by atoms with E-state index in [4.69, 9.17) is 10.00 Å². The number of rotatable bonds is 2. The van der Waals surface area contributed by atoms with Gasteiger partial charge in [0, 0.05) is 6.54 Å². The zero-order valence-corrected chi connectivity index (χ0v) is 11.7. The number of ether oxygens (including phenoxy) is 1. The molecular weight excluding hydrogens is 270 g/mol. The third-order valence-electron chi connectivity index (χ3n) is 4.00. The molecule has 2 aliphatic heterocycles. The normalized spacial score (nSPS) is 25.0. The summed E-state index contributed by atoms with van der Waals surface area (Å²) < 4.78 is 5.38. The molecule has 6 heteroatoms. The lowest BCUT2D eigenvalue weighted by Gasteiger charge is -2.40. The Morgan fingerprint density at radius 1 is 1.38 bits per heavy atom. The predicted molar refractivity (Wildman–Crippen MR) is 74.5 cm³/mol. The van der Waals surface area contributed by atoms with Crippen molar-refractivity contribution in [3.63, 3.8) is 0 Å². The Balaban J connectivity index is 2.02. The second-order valence-corrected chi connectivity index (χ2v) is 5.12. The number of nitriles is 1. The molecule has 0 aromatic heterocycles. The number of anilines is 1. The van der Waals surface area contributed by atoms with Gasteiger partial charge >= 0.3 is 6.03 Å². The van der Waals surface area contributed by atoms with Crippen LogP contribution in [0, 0.1) is 17.2 Å². The van der Waals surface area contributed by atoms with Gasteiger partial charge in [-0.15, -0.1) is 0 Å². The van der Waals surface area contributed by atoms with E-state index in [0.717, 1.165) is 0 Å². The molecule has 3 amide bonds. The average Bonchev–Trinajstić information content (AvgIpc) is 2.98. The summed E-state index contributed by atoms with van der Waals surface area (Å²) in [5.74, 6) is -0.573. The number of carbonyl (C=O) groups is 2. The molecule has 1 aromatic rings. The smallest absolute Gasteiger partial charge is 0.331 e. The van der Waals surface area contributed by atoms with E-state index < -0.39 is 0 Å². The van der Waals surface area contributed by atoms with E-state index in [0.29, 0.717) is 31.0 Å². The number of likely N-dealkylation sites (N-methyl/N-ethyl adjacent to an activating group) is 1. The summed E-state index contributed by atoms with van der Waals surface area (Å²) in [5, 5.41) is 8.97. The summed E-state index contributed by atoms with van der Waals surface area (Å²) in [6, 6.07) is 8.03. The zero-order chi connectivity index (χ0) is 15.0. The van der Waals surface area contributed by atoms with Crippen LogP contribution in [0.5, 0.6) is 0 Å². The zero-order valence-electron chi connectivity index (χ0n) is 11.7. The van der Waals surface area contributed by atoms with Gasteiger partial charge in [-0.2, -0.15) is 5.26 Å². The molecule has 0 radical (unpaired) electrons. The Kier molecular flexibility index (Phi) is 3.35. The molecule has 2 heterocycles. The molecule has 0 bridgehead atoms. The summed E-state index contributed by atoms with van der Waals surface area (Å²) in [4.78, 5) is 28.0. The molecule has 108 valence electrons. The summed E-state index contributed by atoms with van der Waals surface area (Å²) >= 11 is 0. The maximum atomic E-state index is 12.6.